The molecule has 254 valence electrons. The normalized spacial score (nSPS) is 14.8. The average molecular weight is 682 g/mol. The molecule has 0 saturated heterocycles. The summed E-state index contributed by atoms with van der Waals surface area (Å²) in [6.07, 6.45) is 0. The maximum absolute atomic E-state index is 6.35. The van der Waals surface area contributed by atoms with Gasteiger partial charge < -0.3 is 9.32 Å². The van der Waals surface area contributed by atoms with Crippen LogP contribution in [0.4, 0.5) is 17.1 Å². The first kappa shape index (κ1) is 30.5. The molecule has 0 bridgehead atoms. The van der Waals surface area contributed by atoms with Gasteiger partial charge in [0, 0.05) is 38.7 Å². The highest BCUT2D eigenvalue weighted by molar-refractivity contribution is 6.07. The Morgan fingerprint density at radius 1 is 0.396 bits per heavy atom. The summed E-state index contributed by atoms with van der Waals surface area (Å²) in [6, 6.07) is 54.3. The molecule has 0 radical (unpaired) electrons. The largest absolute Gasteiger partial charge is 0.456 e. The highest BCUT2D eigenvalue weighted by Gasteiger charge is 2.38. The lowest BCUT2D eigenvalue weighted by Gasteiger charge is -2.29. The number of fused-ring (bicyclic) bond motifs is 11. The van der Waals surface area contributed by atoms with E-state index >= 15 is 0 Å². The quantitative estimate of drug-likeness (QED) is 0.185. The highest BCUT2D eigenvalue weighted by atomic mass is 16.3. The van der Waals surface area contributed by atoms with Crippen molar-refractivity contribution >= 4 is 60.5 Å². The molecule has 0 unspecified atom stereocenters. The standard InChI is InChI=1S/C51H39NO/c1-30-11-10-14-35(21-30)52(37-19-20-38-42-29-49-43(39-15-8-9-16-48(39)53-49)28-47(42)51(4,5)46(38)27-37)36-18-17-33-24-41-40-23-31-12-6-7-13-32(31)25-44(40)50(2,3)45(41)26-34(33)22-36/h6-29H,1-5H3. The molecule has 0 spiro atoms. The highest BCUT2D eigenvalue weighted by Crippen LogP contribution is 2.54. The van der Waals surface area contributed by atoms with Crippen molar-refractivity contribution in [3.8, 4) is 22.3 Å². The predicted octanol–water partition coefficient (Wildman–Crippen LogP) is 14.3. The Hall–Kier alpha value is -6.12. The Morgan fingerprint density at radius 3 is 1.75 bits per heavy atom. The van der Waals surface area contributed by atoms with Gasteiger partial charge in [0.15, 0.2) is 0 Å². The van der Waals surface area contributed by atoms with Gasteiger partial charge in [0.2, 0.25) is 0 Å². The van der Waals surface area contributed by atoms with Crippen LogP contribution in [0.25, 0.3) is 65.7 Å². The first-order valence-electron chi connectivity index (χ1n) is 18.7. The van der Waals surface area contributed by atoms with Gasteiger partial charge in [0.05, 0.1) is 0 Å². The fourth-order valence-corrected chi connectivity index (χ4v) is 9.58. The fourth-order valence-electron chi connectivity index (χ4n) is 9.58. The van der Waals surface area contributed by atoms with E-state index < -0.39 is 0 Å². The zero-order valence-corrected chi connectivity index (χ0v) is 30.7. The SMILES string of the molecule is Cc1cccc(N(c2ccc3c(c2)C(C)(C)c2cc4c(cc2-3)oc2ccccc24)c2ccc3cc4c(cc3c2)C(C)(C)c2cc3ccccc3cc2-4)c1. The van der Waals surface area contributed by atoms with E-state index in [1.807, 2.05) is 6.07 Å². The third-order valence-corrected chi connectivity index (χ3v) is 12.4. The summed E-state index contributed by atoms with van der Waals surface area (Å²) in [7, 11) is 0. The minimum absolute atomic E-state index is 0.0942. The Balaban J connectivity index is 1.06. The van der Waals surface area contributed by atoms with Gasteiger partial charge in [-0.3, -0.25) is 0 Å². The molecule has 9 aromatic rings. The van der Waals surface area contributed by atoms with Crippen LogP contribution in [-0.2, 0) is 10.8 Å². The Bertz CT molecular complexity index is 3030. The number of anilines is 3. The molecule has 2 aliphatic rings. The summed E-state index contributed by atoms with van der Waals surface area (Å²) < 4.78 is 6.35. The van der Waals surface area contributed by atoms with Crippen molar-refractivity contribution < 1.29 is 4.42 Å². The van der Waals surface area contributed by atoms with Crippen LogP contribution in [0.1, 0.15) is 55.5 Å². The molecule has 1 aromatic heterocycles. The van der Waals surface area contributed by atoms with Crippen molar-refractivity contribution in [2.75, 3.05) is 4.90 Å². The van der Waals surface area contributed by atoms with Crippen LogP contribution < -0.4 is 4.90 Å². The molecule has 2 heteroatoms. The molecule has 1 heterocycles. The second kappa shape index (κ2) is 10.5. The lowest BCUT2D eigenvalue weighted by molar-refractivity contribution is 0.658. The molecular weight excluding hydrogens is 643 g/mol. The van der Waals surface area contributed by atoms with Crippen LogP contribution in [0, 0.1) is 6.92 Å². The smallest absolute Gasteiger partial charge is 0.136 e. The number of benzene rings is 8. The van der Waals surface area contributed by atoms with E-state index in [0.29, 0.717) is 0 Å². The molecule has 2 nitrogen and oxygen atoms in total. The van der Waals surface area contributed by atoms with Crippen LogP contribution in [0.15, 0.2) is 150 Å². The van der Waals surface area contributed by atoms with Gasteiger partial charge in [0.1, 0.15) is 11.2 Å². The molecule has 11 rings (SSSR count). The van der Waals surface area contributed by atoms with Crippen molar-refractivity contribution in [1.82, 2.24) is 0 Å². The van der Waals surface area contributed by atoms with E-state index in [4.69, 9.17) is 4.42 Å². The van der Waals surface area contributed by atoms with Crippen LogP contribution in [0.3, 0.4) is 0 Å². The van der Waals surface area contributed by atoms with Crippen molar-refractivity contribution in [3.05, 3.63) is 173 Å². The summed E-state index contributed by atoms with van der Waals surface area (Å²) in [6.45, 7) is 11.7. The summed E-state index contributed by atoms with van der Waals surface area (Å²) in [4.78, 5) is 2.44. The minimum Gasteiger partial charge on any atom is -0.456 e. The maximum Gasteiger partial charge on any atom is 0.136 e. The molecular formula is C51H39NO. The van der Waals surface area contributed by atoms with E-state index in [-0.39, 0.29) is 10.8 Å². The number of nitrogens with zero attached hydrogens (tertiary/aromatic N) is 1. The predicted molar refractivity (Wildman–Crippen MR) is 223 cm³/mol. The van der Waals surface area contributed by atoms with Gasteiger partial charge in [-0.25, -0.2) is 0 Å². The van der Waals surface area contributed by atoms with Crippen LogP contribution >= 0.6 is 0 Å². The van der Waals surface area contributed by atoms with Crippen LogP contribution in [-0.4, -0.2) is 0 Å². The topological polar surface area (TPSA) is 16.4 Å². The van der Waals surface area contributed by atoms with E-state index in [9.17, 15) is 0 Å². The van der Waals surface area contributed by atoms with E-state index in [0.717, 1.165) is 28.2 Å². The lowest BCUT2D eigenvalue weighted by atomic mass is 9.81. The van der Waals surface area contributed by atoms with Gasteiger partial charge in [-0.05, 0) is 157 Å². The number of rotatable bonds is 3. The molecule has 8 aromatic carbocycles. The van der Waals surface area contributed by atoms with Crippen LogP contribution in [0.5, 0.6) is 0 Å². The number of aryl methyl sites for hydroxylation is 1. The Labute approximate surface area is 309 Å². The third-order valence-electron chi connectivity index (χ3n) is 12.4. The number of furan rings is 1. The summed E-state index contributed by atoms with van der Waals surface area (Å²) in [5, 5.41) is 7.47. The van der Waals surface area contributed by atoms with Crippen molar-refractivity contribution in [3.63, 3.8) is 0 Å². The van der Waals surface area contributed by atoms with Crippen molar-refractivity contribution in [1.29, 1.82) is 0 Å². The molecule has 2 aliphatic carbocycles. The first-order valence-corrected chi connectivity index (χ1v) is 18.7. The molecule has 0 aliphatic heterocycles. The molecule has 0 N–H and O–H groups in total. The second-order valence-corrected chi connectivity index (χ2v) is 16.3. The van der Waals surface area contributed by atoms with Gasteiger partial charge in [-0.1, -0.05) is 94.4 Å². The first-order chi connectivity index (χ1) is 25.6. The van der Waals surface area contributed by atoms with E-state index in [1.54, 1.807) is 0 Å². The van der Waals surface area contributed by atoms with Crippen molar-refractivity contribution in [2.45, 2.75) is 45.4 Å². The zero-order chi connectivity index (χ0) is 35.8. The molecule has 53 heavy (non-hydrogen) atoms. The zero-order valence-electron chi connectivity index (χ0n) is 30.7. The Kier molecular flexibility index (Phi) is 6.03. The van der Waals surface area contributed by atoms with Gasteiger partial charge in [-0.2, -0.15) is 0 Å². The van der Waals surface area contributed by atoms with E-state index in [1.165, 1.54) is 82.4 Å². The van der Waals surface area contributed by atoms with E-state index in [2.05, 4.69) is 179 Å². The van der Waals surface area contributed by atoms with Gasteiger partial charge in [0.25, 0.3) is 0 Å². The molecule has 0 fully saturated rings. The molecule has 0 saturated carbocycles. The monoisotopic (exact) mass is 681 g/mol. The van der Waals surface area contributed by atoms with Crippen LogP contribution in [0.2, 0.25) is 0 Å². The van der Waals surface area contributed by atoms with Gasteiger partial charge in [-0.15, -0.1) is 0 Å². The molecule has 0 atom stereocenters. The summed E-state index contributed by atoms with van der Waals surface area (Å²) >= 11 is 0. The third kappa shape index (κ3) is 4.27. The Morgan fingerprint density at radius 2 is 0.981 bits per heavy atom. The minimum atomic E-state index is -0.180. The average Bonchev–Trinajstić information content (AvgIpc) is 3.71. The maximum atomic E-state index is 6.35. The fraction of sp³-hybridized carbons (Fsp3) is 0.137. The summed E-state index contributed by atoms with van der Waals surface area (Å²) in [5.41, 5.74) is 17.1. The molecule has 0 amide bonds. The van der Waals surface area contributed by atoms with Crippen molar-refractivity contribution in [2.24, 2.45) is 0 Å². The second-order valence-electron chi connectivity index (χ2n) is 16.3. The van der Waals surface area contributed by atoms with Gasteiger partial charge >= 0.3 is 0 Å². The number of para-hydroxylation sites is 1. The number of hydrogen-bond donors (Lipinski definition) is 0. The lowest BCUT2D eigenvalue weighted by Crippen LogP contribution is -2.16. The number of hydrogen-bond acceptors (Lipinski definition) is 2. The summed E-state index contributed by atoms with van der Waals surface area (Å²) in [5.74, 6) is 0.